The number of hydrogen-bond acceptors (Lipinski definition) is 6. The van der Waals surface area contributed by atoms with E-state index in [4.69, 9.17) is 14.2 Å². The van der Waals surface area contributed by atoms with Gasteiger partial charge in [-0.05, 0) is 6.42 Å². The van der Waals surface area contributed by atoms with Crippen molar-refractivity contribution in [2.24, 2.45) is 5.92 Å². The molecule has 0 bridgehead atoms. The fourth-order valence-corrected chi connectivity index (χ4v) is 2.58. The zero-order valence-corrected chi connectivity index (χ0v) is 10.4. The Morgan fingerprint density at radius 2 is 2.33 bits per heavy atom. The smallest absolute Gasteiger partial charge is 0.474 e. The molecule has 1 saturated carbocycles. The highest BCUT2D eigenvalue weighted by Crippen LogP contribution is 2.35. The van der Waals surface area contributed by atoms with E-state index < -0.39 is 14.4 Å². The molecule has 1 aromatic heterocycles. The standard InChI is InChI=1S/C10H13N2O5P/c13-5-7-3-8(4-9(7)17-18(14)15)16-10-1-2-11-6-12-10/h1-2,6-9,13H,3-5H2/p+1/t7-,8-,9+/m1/s1. The monoisotopic (exact) mass is 273 g/mol. The summed E-state index contributed by atoms with van der Waals surface area (Å²) >= 11 is 0. The molecule has 1 aromatic rings. The molecule has 1 unspecified atom stereocenters. The summed E-state index contributed by atoms with van der Waals surface area (Å²) < 4.78 is 21.1. The second-order valence-corrected chi connectivity index (χ2v) is 4.77. The van der Waals surface area contributed by atoms with Gasteiger partial charge >= 0.3 is 8.25 Å². The van der Waals surface area contributed by atoms with Crippen LogP contribution in [0.1, 0.15) is 12.8 Å². The second-order valence-electron chi connectivity index (χ2n) is 4.08. The van der Waals surface area contributed by atoms with Gasteiger partial charge in [0.05, 0.1) is 0 Å². The maximum Gasteiger partial charge on any atom is 0.695 e. The minimum atomic E-state index is -2.66. The van der Waals surface area contributed by atoms with Gasteiger partial charge < -0.3 is 9.84 Å². The highest BCUT2D eigenvalue weighted by atomic mass is 31.1. The molecule has 0 aliphatic heterocycles. The summed E-state index contributed by atoms with van der Waals surface area (Å²) in [5.74, 6) is 0.253. The number of aliphatic hydroxyl groups is 1. The predicted molar refractivity (Wildman–Crippen MR) is 61.0 cm³/mol. The molecule has 18 heavy (non-hydrogen) atoms. The Morgan fingerprint density at radius 1 is 1.50 bits per heavy atom. The summed E-state index contributed by atoms with van der Waals surface area (Å²) in [6.07, 6.45) is 3.32. The van der Waals surface area contributed by atoms with Crippen LogP contribution in [-0.4, -0.2) is 38.8 Å². The first-order valence-electron chi connectivity index (χ1n) is 5.55. The Morgan fingerprint density at radius 3 is 2.94 bits per heavy atom. The number of hydrogen-bond donors (Lipinski definition) is 2. The Labute approximate surface area is 105 Å². The van der Waals surface area contributed by atoms with Crippen LogP contribution in [0.25, 0.3) is 0 Å². The van der Waals surface area contributed by atoms with E-state index in [9.17, 15) is 9.67 Å². The van der Waals surface area contributed by atoms with Gasteiger partial charge in [0.15, 0.2) is 0 Å². The van der Waals surface area contributed by atoms with E-state index in [0.29, 0.717) is 18.7 Å². The molecule has 0 radical (unpaired) electrons. The predicted octanol–water partition coefficient (Wildman–Crippen LogP) is 0.661. The van der Waals surface area contributed by atoms with Crippen molar-refractivity contribution in [3.8, 4) is 5.88 Å². The van der Waals surface area contributed by atoms with Crippen molar-refractivity contribution in [1.29, 1.82) is 0 Å². The molecule has 7 nitrogen and oxygen atoms in total. The zero-order chi connectivity index (χ0) is 13.0. The minimum absolute atomic E-state index is 0.0997. The fraction of sp³-hybridized carbons (Fsp3) is 0.600. The van der Waals surface area contributed by atoms with Crippen LogP contribution in [0.4, 0.5) is 0 Å². The van der Waals surface area contributed by atoms with Gasteiger partial charge in [-0.25, -0.2) is 9.97 Å². The van der Waals surface area contributed by atoms with Gasteiger partial charge in [0, 0.05) is 35.8 Å². The molecular weight excluding hydrogens is 259 g/mol. The summed E-state index contributed by atoms with van der Waals surface area (Å²) in [6.45, 7) is -0.0997. The molecule has 2 N–H and O–H groups in total. The highest BCUT2D eigenvalue weighted by molar-refractivity contribution is 7.32. The van der Waals surface area contributed by atoms with Crippen molar-refractivity contribution in [3.63, 3.8) is 0 Å². The molecule has 0 aromatic carbocycles. The minimum Gasteiger partial charge on any atom is -0.474 e. The topological polar surface area (TPSA) is 102 Å². The number of aliphatic hydroxyl groups excluding tert-OH is 1. The molecule has 0 saturated heterocycles. The van der Waals surface area contributed by atoms with Gasteiger partial charge in [-0.3, -0.25) is 0 Å². The Bertz CT molecular complexity index is 405. The first kappa shape index (κ1) is 13.3. The summed E-state index contributed by atoms with van der Waals surface area (Å²) in [6, 6.07) is 1.63. The highest BCUT2D eigenvalue weighted by Gasteiger charge is 2.41. The lowest BCUT2D eigenvalue weighted by atomic mass is 10.1. The number of rotatable bonds is 5. The van der Waals surface area contributed by atoms with Crippen LogP contribution < -0.4 is 4.74 Å². The van der Waals surface area contributed by atoms with Gasteiger partial charge in [-0.2, -0.15) is 0 Å². The van der Waals surface area contributed by atoms with Crippen molar-refractivity contribution in [1.82, 2.24) is 9.97 Å². The summed E-state index contributed by atoms with van der Waals surface area (Å²) in [5.41, 5.74) is 0. The lowest BCUT2D eigenvalue weighted by Gasteiger charge is -2.11. The van der Waals surface area contributed by atoms with Crippen LogP contribution >= 0.6 is 8.25 Å². The van der Waals surface area contributed by atoms with Crippen LogP contribution in [0.15, 0.2) is 18.6 Å². The Kier molecular flexibility index (Phi) is 4.54. The molecule has 1 aliphatic carbocycles. The van der Waals surface area contributed by atoms with Crippen LogP contribution in [0.3, 0.4) is 0 Å². The molecule has 2 rings (SSSR count). The number of aromatic nitrogens is 2. The maximum atomic E-state index is 10.7. The van der Waals surface area contributed by atoms with E-state index in [1.807, 2.05) is 0 Å². The lowest BCUT2D eigenvalue weighted by molar-refractivity contribution is 0.105. The summed E-state index contributed by atoms with van der Waals surface area (Å²) in [7, 11) is -2.66. The average molecular weight is 273 g/mol. The first-order chi connectivity index (χ1) is 8.69. The van der Waals surface area contributed by atoms with Crippen LogP contribution in [-0.2, 0) is 9.09 Å². The molecule has 0 spiro atoms. The third kappa shape index (κ3) is 3.43. The Balaban J connectivity index is 1.94. The van der Waals surface area contributed by atoms with E-state index in [-0.39, 0.29) is 18.6 Å². The van der Waals surface area contributed by atoms with Crippen LogP contribution in [0.5, 0.6) is 5.88 Å². The fourth-order valence-electron chi connectivity index (χ4n) is 2.09. The molecule has 1 aliphatic rings. The normalized spacial score (nSPS) is 28.1. The van der Waals surface area contributed by atoms with Crippen LogP contribution in [0, 0.1) is 5.92 Å². The van der Waals surface area contributed by atoms with Gasteiger partial charge in [0.25, 0.3) is 0 Å². The average Bonchev–Trinajstić information content (AvgIpc) is 2.71. The third-order valence-corrected chi connectivity index (χ3v) is 3.34. The SMILES string of the molecule is O=[P+](O)O[C@H]1C[C@H](Oc2ccncn2)C[C@@H]1CO. The van der Waals surface area contributed by atoms with Gasteiger partial charge in [0.1, 0.15) is 18.5 Å². The maximum absolute atomic E-state index is 10.7. The largest absolute Gasteiger partial charge is 0.695 e. The van der Waals surface area contributed by atoms with Crippen molar-refractivity contribution in [2.45, 2.75) is 25.0 Å². The lowest BCUT2D eigenvalue weighted by Crippen LogP contribution is -2.18. The van der Waals surface area contributed by atoms with Gasteiger partial charge in [0.2, 0.25) is 5.88 Å². The number of nitrogens with zero attached hydrogens (tertiary/aromatic N) is 2. The summed E-state index contributed by atoms with van der Waals surface area (Å²) in [4.78, 5) is 16.5. The molecule has 98 valence electrons. The zero-order valence-electron chi connectivity index (χ0n) is 9.55. The van der Waals surface area contributed by atoms with Gasteiger partial charge in [-0.1, -0.05) is 0 Å². The van der Waals surface area contributed by atoms with Crippen molar-refractivity contribution in [3.05, 3.63) is 18.6 Å². The third-order valence-electron chi connectivity index (χ3n) is 2.89. The second kappa shape index (κ2) is 6.15. The molecular formula is C10H14N2O5P+. The van der Waals surface area contributed by atoms with Crippen molar-refractivity contribution in [2.75, 3.05) is 6.61 Å². The molecule has 8 heteroatoms. The van der Waals surface area contributed by atoms with Gasteiger partial charge in [-0.15, -0.1) is 9.42 Å². The van der Waals surface area contributed by atoms with E-state index in [1.54, 1.807) is 12.3 Å². The van der Waals surface area contributed by atoms with E-state index in [2.05, 4.69) is 9.97 Å². The quantitative estimate of drug-likeness (QED) is 0.760. The molecule has 4 atom stereocenters. The van der Waals surface area contributed by atoms with E-state index in [0.717, 1.165) is 0 Å². The molecule has 0 amide bonds. The summed E-state index contributed by atoms with van der Waals surface area (Å²) in [5, 5.41) is 9.20. The Hall–Kier alpha value is -1.14. The first-order valence-corrected chi connectivity index (χ1v) is 6.68. The van der Waals surface area contributed by atoms with E-state index >= 15 is 0 Å². The number of ether oxygens (including phenoxy) is 1. The molecule has 1 fully saturated rings. The van der Waals surface area contributed by atoms with Crippen LogP contribution in [0.2, 0.25) is 0 Å². The van der Waals surface area contributed by atoms with Crippen molar-refractivity contribution < 1.29 is 23.8 Å². The molecule has 1 heterocycles. The van der Waals surface area contributed by atoms with E-state index in [1.165, 1.54) is 6.33 Å². The van der Waals surface area contributed by atoms with Crippen molar-refractivity contribution >= 4 is 8.25 Å².